The van der Waals surface area contributed by atoms with E-state index in [0.29, 0.717) is 17.0 Å². The van der Waals surface area contributed by atoms with E-state index in [1.54, 1.807) is 0 Å². The lowest BCUT2D eigenvalue weighted by molar-refractivity contribution is -0.137. The van der Waals surface area contributed by atoms with Crippen LogP contribution in [0.2, 0.25) is 5.02 Å². The van der Waals surface area contributed by atoms with E-state index >= 15 is 0 Å². The molecule has 0 aliphatic carbocycles. The van der Waals surface area contributed by atoms with Gasteiger partial charge in [0.15, 0.2) is 11.5 Å². The third-order valence-electron chi connectivity index (χ3n) is 3.80. The third-order valence-corrected chi connectivity index (χ3v) is 4.13. The molecular weight excluding hydrogens is 373 g/mol. The first-order chi connectivity index (χ1) is 12.3. The second-order valence-corrected chi connectivity index (χ2v) is 5.71. The van der Waals surface area contributed by atoms with E-state index in [2.05, 4.69) is 4.98 Å². The average Bonchev–Trinajstić information content (AvgIpc) is 2.60. The van der Waals surface area contributed by atoms with Gasteiger partial charge in [-0.1, -0.05) is 11.6 Å². The Morgan fingerprint density at radius 1 is 1.08 bits per heavy atom. The van der Waals surface area contributed by atoms with E-state index < -0.39 is 22.3 Å². The van der Waals surface area contributed by atoms with E-state index in [1.165, 1.54) is 32.4 Å². The fourth-order valence-corrected chi connectivity index (χ4v) is 2.74. The molecule has 1 aromatic heterocycles. The van der Waals surface area contributed by atoms with Crippen molar-refractivity contribution in [3.05, 3.63) is 57.6 Å². The van der Waals surface area contributed by atoms with Crippen LogP contribution in [0.1, 0.15) is 5.56 Å². The first kappa shape index (κ1) is 18.1. The van der Waals surface area contributed by atoms with E-state index in [-0.39, 0.29) is 11.1 Å². The van der Waals surface area contributed by atoms with Crippen LogP contribution in [-0.2, 0) is 6.18 Å². The van der Waals surface area contributed by atoms with E-state index in [4.69, 9.17) is 21.1 Å². The van der Waals surface area contributed by atoms with Gasteiger partial charge in [-0.25, -0.2) is 4.98 Å². The predicted molar refractivity (Wildman–Crippen MR) is 90.5 cm³/mol. The highest BCUT2D eigenvalue weighted by atomic mass is 35.5. The zero-order valence-corrected chi connectivity index (χ0v) is 14.4. The predicted octanol–water partition coefficient (Wildman–Crippen LogP) is 4.08. The maximum absolute atomic E-state index is 13.1. The molecule has 0 N–H and O–H groups in total. The Morgan fingerprint density at radius 3 is 2.35 bits per heavy atom. The fraction of sp³-hybridized carbons (Fsp3) is 0.176. The number of fused-ring (bicyclic) bond motifs is 1. The molecule has 9 heteroatoms. The SMILES string of the molecule is COc1cc2ncn(-c3ccc(Cl)c(C(F)(F)F)c3)c(=O)c2cc1OC. The first-order valence-corrected chi connectivity index (χ1v) is 7.64. The molecular formula is C17H12ClF3N2O3. The number of hydrogen-bond donors (Lipinski definition) is 0. The van der Waals surface area contributed by atoms with Crippen LogP contribution in [0.5, 0.6) is 11.5 Å². The van der Waals surface area contributed by atoms with Gasteiger partial charge >= 0.3 is 6.18 Å². The van der Waals surface area contributed by atoms with Crippen LogP contribution in [-0.4, -0.2) is 23.8 Å². The van der Waals surface area contributed by atoms with Crippen molar-refractivity contribution < 1.29 is 22.6 Å². The van der Waals surface area contributed by atoms with Crippen LogP contribution < -0.4 is 15.0 Å². The summed E-state index contributed by atoms with van der Waals surface area (Å²) in [6.45, 7) is 0. The van der Waals surface area contributed by atoms with Gasteiger partial charge in [0.1, 0.15) is 6.33 Å². The van der Waals surface area contributed by atoms with Gasteiger partial charge in [-0.2, -0.15) is 13.2 Å². The standard InChI is InChI=1S/C17H12ClF3N2O3/c1-25-14-6-10-13(7-15(14)26-2)22-8-23(16(10)24)9-3-4-12(18)11(5-9)17(19,20)21/h3-8H,1-2H3. The Morgan fingerprint density at radius 2 is 1.73 bits per heavy atom. The number of rotatable bonds is 3. The molecule has 0 aliphatic rings. The largest absolute Gasteiger partial charge is 0.493 e. The molecule has 136 valence electrons. The van der Waals surface area contributed by atoms with Crippen LogP contribution in [0.15, 0.2) is 41.5 Å². The zero-order chi connectivity index (χ0) is 19.1. The summed E-state index contributed by atoms with van der Waals surface area (Å²) < 4.78 is 50.5. The molecule has 0 spiro atoms. The minimum absolute atomic E-state index is 0.00379. The highest BCUT2D eigenvalue weighted by Gasteiger charge is 2.33. The number of halogens is 4. The van der Waals surface area contributed by atoms with Crippen molar-refractivity contribution in [2.75, 3.05) is 14.2 Å². The molecule has 0 amide bonds. The second kappa shape index (κ2) is 6.53. The number of methoxy groups -OCH3 is 2. The summed E-state index contributed by atoms with van der Waals surface area (Å²) in [5.41, 5.74) is -1.26. The molecule has 0 atom stereocenters. The van der Waals surface area contributed by atoms with Crippen LogP contribution in [0.4, 0.5) is 13.2 Å². The molecule has 0 radical (unpaired) electrons. The molecule has 0 bridgehead atoms. The van der Waals surface area contributed by atoms with Gasteiger partial charge in [-0.15, -0.1) is 0 Å². The summed E-state index contributed by atoms with van der Waals surface area (Å²) >= 11 is 5.62. The van der Waals surface area contributed by atoms with Crippen molar-refractivity contribution in [2.24, 2.45) is 0 Å². The van der Waals surface area contributed by atoms with Crippen LogP contribution in [0.3, 0.4) is 0 Å². The molecule has 1 heterocycles. The molecule has 0 saturated heterocycles. The lowest BCUT2D eigenvalue weighted by Gasteiger charge is -2.13. The lowest BCUT2D eigenvalue weighted by Crippen LogP contribution is -2.19. The van der Waals surface area contributed by atoms with Crippen LogP contribution >= 0.6 is 11.6 Å². The van der Waals surface area contributed by atoms with Crippen molar-refractivity contribution in [1.82, 2.24) is 9.55 Å². The Balaban J connectivity index is 2.24. The Kier molecular flexibility index (Phi) is 4.53. The molecule has 3 rings (SSSR count). The van der Waals surface area contributed by atoms with Gasteiger partial charge in [-0.05, 0) is 24.3 Å². The van der Waals surface area contributed by atoms with Crippen molar-refractivity contribution in [1.29, 1.82) is 0 Å². The van der Waals surface area contributed by atoms with Crippen molar-refractivity contribution in [3.8, 4) is 17.2 Å². The van der Waals surface area contributed by atoms with E-state index in [1.807, 2.05) is 0 Å². The van der Waals surface area contributed by atoms with Gasteiger partial charge in [0.25, 0.3) is 5.56 Å². The van der Waals surface area contributed by atoms with E-state index in [9.17, 15) is 18.0 Å². The van der Waals surface area contributed by atoms with Crippen molar-refractivity contribution in [3.63, 3.8) is 0 Å². The molecule has 0 saturated carbocycles. The highest BCUT2D eigenvalue weighted by Crippen LogP contribution is 2.36. The maximum Gasteiger partial charge on any atom is 0.417 e. The number of alkyl halides is 3. The lowest BCUT2D eigenvalue weighted by atomic mass is 10.1. The Hall–Kier alpha value is -2.74. The van der Waals surface area contributed by atoms with Gasteiger partial charge in [0.2, 0.25) is 0 Å². The quantitative estimate of drug-likeness (QED) is 0.683. The van der Waals surface area contributed by atoms with Gasteiger partial charge in [0, 0.05) is 6.07 Å². The van der Waals surface area contributed by atoms with Crippen LogP contribution in [0, 0.1) is 0 Å². The zero-order valence-electron chi connectivity index (χ0n) is 13.6. The topological polar surface area (TPSA) is 53.4 Å². The Bertz CT molecular complexity index is 1050. The van der Waals surface area contributed by atoms with Crippen molar-refractivity contribution >= 4 is 22.5 Å². The molecule has 0 fully saturated rings. The normalized spacial score (nSPS) is 11.6. The van der Waals surface area contributed by atoms with Crippen molar-refractivity contribution in [2.45, 2.75) is 6.18 Å². The number of benzene rings is 2. The van der Waals surface area contributed by atoms with Gasteiger partial charge in [-0.3, -0.25) is 9.36 Å². The number of hydrogen-bond acceptors (Lipinski definition) is 4. The molecule has 5 nitrogen and oxygen atoms in total. The summed E-state index contributed by atoms with van der Waals surface area (Å²) in [6, 6.07) is 6.15. The molecule has 0 unspecified atom stereocenters. The molecule has 26 heavy (non-hydrogen) atoms. The third kappa shape index (κ3) is 3.08. The molecule has 2 aromatic carbocycles. The minimum atomic E-state index is -4.64. The summed E-state index contributed by atoms with van der Waals surface area (Å²) in [5.74, 6) is 0.694. The maximum atomic E-state index is 13.1. The monoisotopic (exact) mass is 384 g/mol. The summed E-state index contributed by atoms with van der Waals surface area (Å²) in [7, 11) is 2.85. The summed E-state index contributed by atoms with van der Waals surface area (Å²) in [5, 5.41) is -0.275. The minimum Gasteiger partial charge on any atom is -0.493 e. The van der Waals surface area contributed by atoms with E-state index in [0.717, 1.165) is 23.0 Å². The van der Waals surface area contributed by atoms with Gasteiger partial charge in [0.05, 0.1) is 41.4 Å². The molecule has 0 aliphatic heterocycles. The second-order valence-electron chi connectivity index (χ2n) is 5.31. The number of nitrogens with zero attached hydrogens (tertiary/aromatic N) is 2. The Labute approximate surface area is 150 Å². The fourth-order valence-electron chi connectivity index (χ4n) is 2.51. The summed E-state index contributed by atoms with van der Waals surface area (Å²) in [4.78, 5) is 16.9. The molecule has 3 aromatic rings. The average molecular weight is 385 g/mol. The first-order valence-electron chi connectivity index (χ1n) is 7.26. The van der Waals surface area contributed by atoms with Crippen LogP contribution in [0.25, 0.3) is 16.6 Å². The number of aromatic nitrogens is 2. The van der Waals surface area contributed by atoms with Gasteiger partial charge < -0.3 is 9.47 Å². The summed E-state index contributed by atoms with van der Waals surface area (Å²) in [6.07, 6.45) is -3.49. The highest BCUT2D eigenvalue weighted by molar-refractivity contribution is 6.31. The smallest absolute Gasteiger partial charge is 0.417 e. The number of ether oxygens (including phenoxy) is 2.